The van der Waals surface area contributed by atoms with E-state index in [2.05, 4.69) is 11.8 Å². The summed E-state index contributed by atoms with van der Waals surface area (Å²) in [4.78, 5) is 18.5. The molecule has 0 bridgehead atoms. The first-order valence-corrected chi connectivity index (χ1v) is 8.25. The third-order valence-corrected chi connectivity index (χ3v) is 5.65. The van der Waals surface area contributed by atoms with Gasteiger partial charge in [-0.3, -0.25) is 4.79 Å². The molecule has 1 aliphatic rings. The van der Waals surface area contributed by atoms with E-state index in [1.165, 1.54) is 0 Å². The second-order valence-corrected chi connectivity index (χ2v) is 7.26. The first-order valence-electron chi connectivity index (χ1n) is 7.87. The van der Waals surface area contributed by atoms with Crippen LogP contribution < -0.4 is 4.90 Å². The zero-order chi connectivity index (χ0) is 16.8. The van der Waals surface area contributed by atoms with E-state index < -0.39 is 5.97 Å². The van der Waals surface area contributed by atoms with Crippen LogP contribution in [0.3, 0.4) is 0 Å². The lowest BCUT2D eigenvalue weighted by molar-refractivity contribution is -0.147. The van der Waals surface area contributed by atoms with E-state index in [-0.39, 0.29) is 17.4 Å². The lowest BCUT2D eigenvalue weighted by Crippen LogP contribution is -2.55. The van der Waals surface area contributed by atoms with Crippen molar-refractivity contribution in [3.8, 4) is 0 Å². The predicted molar refractivity (Wildman–Crippen MR) is 93.1 cm³/mol. The average molecular weight is 333 g/mol. The van der Waals surface area contributed by atoms with Crippen LogP contribution >= 0.6 is 11.6 Å². The Morgan fingerprint density at radius 3 is 2.78 bits per heavy atom. The van der Waals surface area contributed by atoms with Crippen molar-refractivity contribution in [1.82, 2.24) is 4.98 Å². The molecule has 1 aromatic heterocycles. The number of carbonyl (C=O) groups is 1. The van der Waals surface area contributed by atoms with Gasteiger partial charge < -0.3 is 10.0 Å². The number of piperidine rings is 1. The normalized spacial score (nSPS) is 23.9. The van der Waals surface area contributed by atoms with Gasteiger partial charge in [-0.2, -0.15) is 0 Å². The molecule has 4 nitrogen and oxygen atoms in total. The van der Waals surface area contributed by atoms with Crippen LogP contribution in [0.1, 0.15) is 27.2 Å². The quantitative estimate of drug-likeness (QED) is 0.894. The molecule has 23 heavy (non-hydrogen) atoms. The number of pyridine rings is 1. The highest BCUT2D eigenvalue weighted by molar-refractivity contribution is 6.35. The zero-order valence-corrected chi connectivity index (χ0v) is 14.3. The summed E-state index contributed by atoms with van der Waals surface area (Å²) < 4.78 is 0. The minimum absolute atomic E-state index is 0.0739. The number of nitrogens with zero attached hydrogens (tertiary/aromatic N) is 2. The van der Waals surface area contributed by atoms with E-state index in [0.717, 1.165) is 16.7 Å². The number of aliphatic carboxylic acids is 1. The van der Waals surface area contributed by atoms with Gasteiger partial charge >= 0.3 is 5.97 Å². The van der Waals surface area contributed by atoms with Crippen LogP contribution in [0.25, 0.3) is 10.9 Å². The maximum Gasteiger partial charge on any atom is 0.307 e. The SMILES string of the molecule is CC1N(c2ccc3cccc(Cl)c3n2)CCC(C(=O)O)C1(C)C. The number of benzene rings is 1. The summed E-state index contributed by atoms with van der Waals surface area (Å²) in [6, 6.07) is 9.83. The molecule has 1 saturated heterocycles. The highest BCUT2D eigenvalue weighted by atomic mass is 35.5. The minimum Gasteiger partial charge on any atom is -0.481 e. The molecule has 1 fully saturated rings. The zero-order valence-electron chi connectivity index (χ0n) is 13.6. The number of hydrogen-bond acceptors (Lipinski definition) is 3. The van der Waals surface area contributed by atoms with Crippen LogP contribution in [-0.4, -0.2) is 28.6 Å². The van der Waals surface area contributed by atoms with Crippen LogP contribution in [0.15, 0.2) is 30.3 Å². The second kappa shape index (κ2) is 5.68. The summed E-state index contributed by atoms with van der Waals surface area (Å²) in [5.41, 5.74) is 0.457. The summed E-state index contributed by atoms with van der Waals surface area (Å²) in [5.74, 6) is -0.191. The van der Waals surface area contributed by atoms with Crippen LogP contribution in [-0.2, 0) is 4.79 Å². The molecule has 2 unspecified atom stereocenters. The van der Waals surface area contributed by atoms with Crippen molar-refractivity contribution in [2.75, 3.05) is 11.4 Å². The molecular formula is C18H21ClN2O2. The number of fused-ring (bicyclic) bond motifs is 1. The standard InChI is InChI=1S/C18H21ClN2O2/c1-11-18(2,3)13(17(22)23)9-10-21(11)15-8-7-12-5-4-6-14(19)16(12)20-15/h4-8,11,13H,9-10H2,1-3H3,(H,22,23). The Hall–Kier alpha value is -1.81. The van der Waals surface area contributed by atoms with E-state index in [9.17, 15) is 9.90 Å². The monoisotopic (exact) mass is 332 g/mol. The molecule has 2 atom stereocenters. The molecule has 122 valence electrons. The summed E-state index contributed by atoms with van der Waals surface area (Å²) in [6.07, 6.45) is 0.620. The van der Waals surface area contributed by atoms with E-state index in [0.29, 0.717) is 18.0 Å². The number of carboxylic acids is 1. The maximum absolute atomic E-state index is 11.5. The lowest BCUT2D eigenvalue weighted by atomic mass is 9.69. The van der Waals surface area contributed by atoms with Crippen molar-refractivity contribution in [2.45, 2.75) is 33.2 Å². The number of anilines is 1. The molecule has 1 aliphatic heterocycles. The molecule has 2 aromatic rings. The molecule has 2 heterocycles. The molecule has 1 N–H and O–H groups in total. The largest absolute Gasteiger partial charge is 0.481 e. The molecule has 0 spiro atoms. The molecule has 0 amide bonds. The third kappa shape index (κ3) is 2.65. The molecule has 3 rings (SSSR count). The average Bonchev–Trinajstić information content (AvgIpc) is 2.50. The summed E-state index contributed by atoms with van der Waals surface area (Å²) >= 11 is 6.27. The Morgan fingerprint density at radius 1 is 1.35 bits per heavy atom. The number of para-hydroxylation sites is 1. The summed E-state index contributed by atoms with van der Waals surface area (Å²) in [7, 11) is 0. The first-order chi connectivity index (χ1) is 10.8. The highest BCUT2D eigenvalue weighted by Crippen LogP contribution is 2.42. The van der Waals surface area contributed by atoms with Gasteiger partial charge in [-0.25, -0.2) is 4.98 Å². The van der Waals surface area contributed by atoms with E-state index >= 15 is 0 Å². The Morgan fingerprint density at radius 2 is 2.09 bits per heavy atom. The number of carboxylic acid groups (broad SMARTS) is 1. The van der Waals surface area contributed by atoms with Crippen LogP contribution in [0, 0.1) is 11.3 Å². The summed E-state index contributed by atoms with van der Waals surface area (Å²) in [5, 5.41) is 11.1. The van der Waals surface area contributed by atoms with Gasteiger partial charge in [0.15, 0.2) is 0 Å². The van der Waals surface area contributed by atoms with Gasteiger partial charge in [0, 0.05) is 18.0 Å². The minimum atomic E-state index is -0.712. The topological polar surface area (TPSA) is 53.4 Å². The van der Waals surface area contributed by atoms with Gasteiger partial charge in [-0.05, 0) is 37.0 Å². The third-order valence-electron chi connectivity index (χ3n) is 5.35. The van der Waals surface area contributed by atoms with Gasteiger partial charge in [0.25, 0.3) is 0 Å². The van der Waals surface area contributed by atoms with Crippen LogP contribution in [0.2, 0.25) is 5.02 Å². The number of rotatable bonds is 2. The Balaban J connectivity index is 1.99. The number of halogens is 1. The maximum atomic E-state index is 11.5. The Labute approximate surface area is 141 Å². The molecule has 0 radical (unpaired) electrons. The van der Waals surface area contributed by atoms with Crippen molar-refractivity contribution < 1.29 is 9.90 Å². The van der Waals surface area contributed by atoms with Gasteiger partial charge in [0.05, 0.1) is 16.5 Å². The highest BCUT2D eigenvalue weighted by Gasteiger charge is 2.45. The van der Waals surface area contributed by atoms with Crippen molar-refractivity contribution in [3.05, 3.63) is 35.4 Å². The molecule has 0 aliphatic carbocycles. The Bertz CT molecular complexity index is 760. The van der Waals surface area contributed by atoms with Crippen molar-refractivity contribution in [1.29, 1.82) is 0 Å². The fourth-order valence-corrected chi connectivity index (χ4v) is 3.77. The fourth-order valence-electron chi connectivity index (χ4n) is 3.54. The molecule has 1 aromatic carbocycles. The first kappa shape index (κ1) is 16.1. The smallest absolute Gasteiger partial charge is 0.307 e. The van der Waals surface area contributed by atoms with Gasteiger partial charge in [0.2, 0.25) is 0 Å². The predicted octanol–water partition coefficient (Wildman–Crippen LogP) is 4.21. The second-order valence-electron chi connectivity index (χ2n) is 6.85. The van der Waals surface area contributed by atoms with Gasteiger partial charge in [-0.15, -0.1) is 0 Å². The molecule has 5 heteroatoms. The molecule has 0 saturated carbocycles. The van der Waals surface area contributed by atoms with Crippen molar-refractivity contribution in [2.24, 2.45) is 11.3 Å². The van der Waals surface area contributed by atoms with Crippen molar-refractivity contribution >= 4 is 34.3 Å². The van der Waals surface area contributed by atoms with E-state index in [4.69, 9.17) is 16.6 Å². The fraction of sp³-hybridized carbons (Fsp3) is 0.444. The molecular weight excluding hydrogens is 312 g/mol. The van der Waals surface area contributed by atoms with Crippen molar-refractivity contribution in [3.63, 3.8) is 0 Å². The Kier molecular flexibility index (Phi) is 3.96. The summed E-state index contributed by atoms with van der Waals surface area (Å²) in [6.45, 7) is 6.81. The van der Waals surface area contributed by atoms with E-state index in [1.54, 1.807) is 0 Å². The van der Waals surface area contributed by atoms with Gasteiger partial charge in [0.1, 0.15) is 5.82 Å². The van der Waals surface area contributed by atoms with Crippen LogP contribution in [0.4, 0.5) is 5.82 Å². The van der Waals surface area contributed by atoms with Crippen LogP contribution in [0.5, 0.6) is 0 Å². The number of hydrogen-bond donors (Lipinski definition) is 1. The lowest BCUT2D eigenvalue weighted by Gasteiger charge is -2.48. The van der Waals surface area contributed by atoms with Gasteiger partial charge in [-0.1, -0.05) is 37.6 Å². The van der Waals surface area contributed by atoms with E-state index in [1.807, 2.05) is 44.2 Å². The number of aromatic nitrogens is 1.